The zero-order chi connectivity index (χ0) is 15.5. The summed E-state index contributed by atoms with van der Waals surface area (Å²) < 4.78 is 8.08. The summed E-state index contributed by atoms with van der Waals surface area (Å²) in [6.45, 7) is 2.97. The Morgan fingerprint density at radius 2 is 2.05 bits per heavy atom. The molecule has 3 rings (SSSR count). The van der Waals surface area contributed by atoms with Crippen LogP contribution in [0.4, 0.5) is 0 Å². The van der Waals surface area contributed by atoms with Crippen LogP contribution in [0, 0.1) is 0 Å². The quantitative estimate of drug-likeness (QED) is 0.715. The average Bonchev–Trinajstić information content (AvgIpc) is 2.52. The number of halogens is 1. The maximum absolute atomic E-state index is 12.6. The molecule has 112 valence electrons. The van der Waals surface area contributed by atoms with Crippen molar-refractivity contribution in [3.05, 3.63) is 69.2 Å². The molecule has 0 N–H and O–H groups in total. The summed E-state index contributed by atoms with van der Waals surface area (Å²) in [5.41, 5.74) is 1.60. The van der Waals surface area contributed by atoms with Gasteiger partial charge in [-0.05, 0) is 31.2 Å². The first kappa shape index (κ1) is 14.8. The molecular formula is C17H15BrN2O2. The second kappa shape index (κ2) is 6.32. The minimum absolute atomic E-state index is 0.0578. The largest absolute Gasteiger partial charge is 0.494 e. The summed E-state index contributed by atoms with van der Waals surface area (Å²) in [6, 6.07) is 13.2. The molecule has 0 aliphatic carbocycles. The van der Waals surface area contributed by atoms with Crippen LogP contribution in [0.3, 0.4) is 0 Å². The fourth-order valence-electron chi connectivity index (χ4n) is 2.36. The second-order valence-electron chi connectivity index (χ2n) is 4.88. The van der Waals surface area contributed by atoms with Gasteiger partial charge in [-0.15, -0.1) is 0 Å². The number of hydrogen-bond acceptors (Lipinski definition) is 3. The topological polar surface area (TPSA) is 44.1 Å². The normalized spacial score (nSPS) is 10.8. The minimum Gasteiger partial charge on any atom is -0.494 e. The fraction of sp³-hybridized carbons (Fsp3) is 0.176. The van der Waals surface area contributed by atoms with Gasteiger partial charge in [0, 0.05) is 10.0 Å². The molecule has 1 aromatic heterocycles. The van der Waals surface area contributed by atoms with Crippen molar-refractivity contribution in [3.8, 4) is 5.75 Å². The van der Waals surface area contributed by atoms with E-state index in [1.807, 2.05) is 43.3 Å². The predicted octanol–water partition coefficient (Wildman–Crippen LogP) is 3.61. The van der Waals surface area contributed by atoms with E-state index in [1.54, 1.807) is 17.0 Å². The standard InChI is InChI=1S/C17H15BrN2O2/c1-2-22-16-6-4-3-5-12(16)10-20-11-19-15-8-7-13(18)9-14(15)17(20)21/h3-9,11H,2,10H2,1H3. The van der Waals surface area contributed by atoms with E-state index in [0.29, 0.717) is 24.1 Å². The number of hydrogen-bond donors (Lipinski definition) is 0. The molecule has 4 nitrogen and oxygen atoms in total. The zero-order valence-electron chi connectivity index (χ0n) is 12.1. The van der Waals surface area contributed by atoms with Crippen molar-refractivity contribution in [2.75, 3.05) is 6.61 Å². The van der Waals surface area contributed by atoms with Crippen molar-refractivity contribution in [1.82, 2.24) is 9.55 Å². The van der Waals surface area contributed by atoms with E-state index in [0.717, 1.165) is 15.8 Å². The number of fused-ring (bicyclic) bond motifs is 1. The lowest BCUT2D eigenvalue weighted by Gasteiger charge is -2.11. The first-order chi connectivity index (χ1) is 10.7. The van der Waals surface area contributed by atoms with Gasteiger partial charge in [0.2, 0.25) is 0 Å². The molecule has 0 atom stereocenters. The molecule has 1 heterocycles. The van der Waals surface area contributed by atoms with Gasteiger partial charge >= 0.3 is 0 Å². The molecule has 0 spiro atoms. The van der Waals surface area contributed by atoms with Crippen LogP contribution in [0.15, 0.2) is 58.1 Å². The number of nitrogens with zero attached hydrogens (tertiary/aromatic N) is 2. The summed E-state index contributed by atoms with van der Waals surface area (Å²) in [6.07, 6.45) is 1.58. The number of aromatic nitrogens is 2. The Bertz CT molecular complexity index is 874. The van der Waals surface area contributed by atoms with Gasteiger partial charge in [0.25, 0.3) is 5.56 Å². The molecule has 22 heavy (non-hydrogen) atoms. The van der Waals surface area contributed by atoms with Crippen molar-refractivity contribution >= 4 is 26.8 Å². The molecule has 5 heteroatoms. The Morgan fingerprint density at radius 3 is 2.86 bits per heavy atom. The maximum atomic E-state index is 12.6. The summed E-state index contributed by atoms with van der Waals surface area (Å²) >= 11 is 3.39. The Balaban J connectivity index is 2.05. The van der Waals surface area contributed by atoms with Crippen LogP contribution in [-0.4, -0.2) is 16.2 Å². The fourth-order valence-corrected chi connectivity index (χ4v) is 2.72. The Kier molecular flexibility index (Phi) is 4.24. The summed E-state index contributed by atoms with van der Waals surface area (Å²) in [5.74, 6) is 0.797. The Hall–Kier alpha value is -2.14. The first-order valence-corrected chi connectivity index (χ1v) is 7.83. The third-order valence-corrected chi connectivity index (χ3v) is 3.89. The van der Waals surface area contributed by atoms with Gasteiger partial charge in [-0.25, -0.2) is 4.98 Å². The Labute approximate surface area is 136 Å². The minimum atomic E-state index is -0.0578. The average molecular weight is 359 g/mol. The first-order valence-electron chi connectivity index (χ1n) is 7.04. The van der Waals surface area contributed by atoms with Crippen molar-refractivity contribution in [1.29, 1.82) is 0 Å². The smallest absolute Gasteiger partial charge is 0.261 e. The van der Waals surface area contributed by atoms with Crippen LogP contribution < -0.4 is 10.3 Å². The van der Waals surface area contributed by atoms with Gasteiger partial charge in [-0.2, -0.15) is 0 Å². The zero-order valence-corrected chi connectivity index (χ0v) is 13.7. The van der Waals surface area contributed by atoms with E-state index in [2.05, 4.69) is 20.9 Å². The molecular weight excluding hydrogens is 344 g/mol. The van der Waals surface area contributed by atoms with Crippen molar-refractivity contribution in [2.45, 2.75) is 13.5 Å². The summed E-state index contributed by atoms with van der Waals surface area (Å²) in [4.78, 5) is 17.0. The van der Waals surface area contributed by atoms with Crippen LogP contribution in [0.25, 0.3) is 10.9 Å². The molecule has 0 unspecified atom stereocenters. The highest BCUT2D eigenvalue weighted by molar-refractivity contribution is 9.10. The predicted molar refractivity (Wildman–Crippen MR) is 90.4 cm³/mol. The third kappa shape index (κ3) is 2.90. The molecule has 0 saturated carbocycles. The number of rotatable bonds is 4. The summed E-state index contributed by atoms with van der Waals surface area (Å²) in [5, 5.41) is 0.603. The van der Waals surface area contributed by atoms with Crippen LogP contribution in [-0.2, 0) is 6.54 Å². The van der Waals surface area contributed by atoms with E-state index >= 15 is 0 Å². The van der Waals surface area contributed by atoms with Crippen LogP contribution in [0.2, 0.25) is 0 Å². The highest BCUT2D eigenvalue weighted by Crippen LogP contribution is 2.19. The monoisotopic (exact) mass is 358 g/mol. The maximum Gasteiger partial charge on any atom is 0.261 e. The highest BCUT2D eigenvalue weighted by Gasteiger charge is 2.08. The SMILES string of the molecule is CCOc1ccccc1Cn1cnc2ccc(Br)cc2c1=O. The summed E-state index contributed by atoms with van der Waals surface area (Å²) in [7, 11) is 0. The number of ether oxygens (including phenoxy) is 1. The van der Waals surface area contributed by atoms with Crippen molar-refractivity contribution < 1.29 is 4.74 Å². The number of para-hydroxylation sites is 1. The highest BCUT2D eigenvalue weighted by atomic mass is 79.9. The molecule has 2 aromatic carbocycles. The van der Waals surface area contributed by atoms with Gasteiger partial charge in [0.15, 0.2) is 0 Å². The van der Waals surface area contributed by atoms with Gasteiger partial charge < -0.3 is 4.74 Å². The Morgan fingerprint density at radius 1 is 1.23 bits per heavy atom. The third-order valence-electron chi connectivity index (χ3n) is 3.40. The van der Waals surface area contributed by atoms with E-state index in [-0.39, 0.29) is 5.56 Å². The van der Waals surface area contributed by atoms with Crippen LogP contribution in [0.1, 0.15) is 12.5 Å². The molecule has 3 aromatic rings. The molecule has 0 radical (unpaired) electrons. The lowest BCUT2D eigenvalue weighted by Crippen LogP contribution is -2.21. The molecule has 0 bridgehead atoms. The molecule has 0 saturated heterocycles. The lowest BCUT2D eigenvalue weighted by atomic mass is 10.2. The van der Waals surface area contributed by atoms with Crippen molar-refractivity contribution in [2.24, 2.45) is 0 Å². The van der Waals surface area contributed by atoms with Crippen molar-refractivity contribution in [3.63, 3.8) is 0 Å². The van der Waals surface area contributed by atoms with E-state index in [9.17, 15) is 4.79 Å². The van der Waals surface area contributed by atoms with E-state index < -0.39 is 0 Å². The van der Waals surface area contributed by atoms with E-state index in [1.165, 1.54) is 0 Å². The molecule has 0 amide bonds. The van der Waals surface area contributed by atoms with Crippen LogP contribution >= 0.6 is 15.9 Å². The van der Waals surface area contributed by atoms with Gasteiger partial charge in [-0.3, -0.25) is 9.36 Å². The second-order valence-corrected chi connectivity index (χ2v) is 5.80. The van der Waals surface area contributed by atoms with Gasteiger partial charge in [-0.1, -0.05) is 34.1 Å². The molecule has 0 aliphatic rings. The molecule has 0 fully saturated rings. The van der Waals surface area contributed by atoms with E-state index in [4.69, 9.17) is 4.74 Å². The van der Waals surface area contributed by atoms with Gasteiger partial charge in [0.05, 0.1) is 30.4 Å². The number of benzene rings is 2. The van der Waals surface area contributed by atoms with Crippen LogP contribution in [0.5, 0.6) is 5.75 Å². The lowest BCUT2D eigenvalue weighted by molar-refractivity contribution is 0.335. The molecule has 0 aliphatic heterocycles. The van der Waals surface area contributed by atoms with Gasteiger partial charge in [0.1, 0.15) is 5.75 Å².